The van der Waals surface area contributed by atoms with Gasteiger partial charge in [-0.25, -0.2) is 0 Å². The normalized spacial score (nSPS) is 10.5. The Morgan fingerprint density at radius 3 is 2.25 bits per heavy atom. The molecule has 0 saturated carbocycles. The highest BCUT2D eigenvalue weighted by Crippen LogP contribution is 2.25. The highest BCUT2D eigenvalue weighted by Gasteiger charge is 2.03. The Bertz CT molecular complexity index is 317. The van der Waals surface area contributed by atoms with E-state index in [-0.39, 0.29) is 0 Å². The topological polar surface area (TPSA) is 18.5 Å². The smallest absolute Gasteiger partial charge is 0.120 e. The first-order valence-electron chi connectivity index (χ1n) is 5.18. The molecule has 1 aromatic carbocycles. The van der Waals surface area contributed by atoms with Crippen LogP contribution in [-0.4, -0.2) is 25.7 Å². The Hall–Kier alpha value is -0.440. The van der Waals surface area contributed by atoms with E-state index in [9.17, 15) is 0 Å². The predicted molar refractivity (Wildman–Crippen MR) is 68.0 cm³/mol. The van der Waals surface area contributed by atoms with Crippen molar-refractivity contribution in [3.8, 4) is 5.75 Å². The molecule has 0 aliphatic carbocycles. The molecule has 4 heteroatoms. The van der Waals surface area contributed by atoms with Gasteiger partial charge >= 0.3 is 0 Å². The minimum Gasteiger partial charge on any atom is -0.491 e. The molecule has 0 atom stereocenters. The molecule has 1 aromatic rings. The molecule has 0 spiro atoms. The van der Waals surface area contributed by atoms with Crippen LogP contribution < -0.4 is 4.74 Å². The van der Waals surface area contributed by atoms with Crippen LogP contribution in [0.5, 0.6) is 5.75 Å². The second-order valence-corrected chi connectivity index (χ2v) is 4.28. The maximum absolute atomic E-state index is 6.06. The number of hydrogen-bond acceptors (Lipinski definition) is 2. The van der Waals surface area contributed by atoms with Gasteiger partial charge in [0, 0.05) is 10.9 Å². The predicted octanol–water partition coefficient (Wildman–Crippen LogP) is 3.59. The van der Waals surface area contributed by atoms with Gasteiger partial charge in [0.15, 0.2) is 0 Å². The number of aryl methyl sites for hydroxylation is 2. The minimum absolute atomic E-state index is 0.513. The van der Waals surface area contributed by atoms with Crippen molar-refractivity contribution in [1.29, 1.82) is 0 Å². The van der Waals surface area contributed by atoms with Crippen LogP contribution in [0.25, 0.3) is 0 Å². The van der Waals surface area contributed by atoms with Crippen LogP contribution in [0.4, 0.5) is 0 Å². The Balaban J connectivity index is 2.43. The van der Waals surface area contributed by atoms with E-state index >= 15 is 0 Å². The van der Waals surface area contributed by atoms with Crippen LogP contribution in [0.3, 0.4) is 0 Å². The van der Waals surface area contributed by atoms with E-state index in [1.807, 2.05) is 26.0 Å². The van der Waals surface area contributed by atoms with Gasteiger partial charge in [0.05, 0.1) is 13.2 Å². The van der Waals surface area contributed by atoms with Gasteiger partial charge in [-0.15, -0.1) is 11.6 Å². The zero-order valence-corrected chi connectivity index (χ0v) is 11.1. The fourth-order valence-electron chi connectivity index (χ4n) is 1.36. The van der Waals surface area contributed by atoms with Crippen LogP contribution in [0.2, 0.25) is 5.02 Å². The van der Waals surface area contributed by atoms with E-state index in [1.54, 1.807) is 0 Å². The molecule has 0 saturated heterocycles. The number of hydrogen-bond donors (Lipinski definition) is 0. The second kappa shape index (κ2) is 7.00. The van der Waals surface area contributed by atoms with Gasteiger partial charge in [-0.05, 0) is 37.1 Å². The SMILES string of the molecule is Cc1cc(OCCOCCCl)cc(C)c1Cl. The molecule has 0 radical (unpaired) electrons. The van der Waals surface area contributed by atoms with E-state index < -0.39 is 0 Å². The molecule has 0 N–H and O–H groups in total. The molecule has 0 bridgehead atoms. The highest BCUT2D eigenvalue weighted by atomic mass is 35.5. The molecule has 16 heavy (non-hydrogen) atoms. The fourth-order valence-corrected chi connectivity index (χ4v) is 1.58. The maximum atomic E-state index is 6.06. The lowest BCUT2D eigenvalue weighted by Gasteiger charge is -2.09. The Labute approximate surface area is 106 Å². The highest BCUT2D eigenvalue weighted by molar-refractivity contribution is 6.32. The number of ether oxygens (including phenoxy) is 2. The van der Waals surface area contributed by atoms with Crippen molar-refractivity contribution in [3.05, 3.63) is 28.3 Å². The molecule has 1 rings (SSSR count). The van der Waals surface area contributed by atoms with Crippen molar-refractivity contribution in [2.75, 3.05) is 25.7 Å². The standard InChI is InChI=1S/C12H16Cl2O2/c1-9-7-11(8-10(2)12(9)14)16-6-5-15-4-3-13/h7-8H,3-6H2,1-2H3. The second-order valence-electron chi connectivity index (χ2n) is 3.52. The Kier molecular flexibility index (Phi) is 5.96. The number of alkyl halides is 1. The van der Waals surface area contributed by atoms with Gasteiger partial charge in [0.1, 0.15) is 12.4 Å². The van der Waals surface area contributed by atoms with Gasteiger partial charge < -0.3 is 9.47 Å². The third-order valence-electron chi connectivity index (χ3n) is 2.13. The Morgan fingerprint density at radius 2 is 1.69 bits per heavy atom. The molecular formula is C12H16Cl2O2. The van der Waals surface area contributed by atoms with Gasteiger partial charge in [-0.1, -0.05) is 11.6 Å². The van der Waals surface area contributed by atoms with Crippen molar-refractivity contribution in [2.45, 2.75) is 13.8 Å². The van der Waals surface area contributed by atoms with Crippen molar-refractivity contribution in [3.63, 3.8) is 0 Å². The zero-order chi connectivity index (χ0) is 12.0. The summed E-state index contributed by atoms with van der Waals surface area (Å²) in [7, 11) is 0. The zero-order valence-electron chi connectivity index (χ0n) is 9.56. The molecule has 0 aromatic heterocycles. The first-order valence-corrected chi connectivity index (χ1v) is 6.09. The van der Waals surface area contributed by atoms with E-state index in [0.717, 1.165) is 21.9 Å². The molecule has 0 amide bonds. The monoisotopic (exact) mass is 262 g/mol. The van der Waals surface area contributed by atoms with Crippen molar-refractivity contribution >= 4 is 23.2 Å². The van der Waals surface area contributed by atoms with E-state index in [2.05, 4.69) is 0 Å². The molecule has 0 unspecified atom stereocenters. The quantitative estimate of drug-likeness (QED) is 0.576. The van der Waals surface area contributed by atoms with Gasteiger partial charge in [-0.3, -0.25) is 0 Å². The summed E-state index contributed by atoms with van der Waals surface area (Å²) in [6, 6.07) is 3.85. The Morgan fingerprint density at radius 1 is 1.06 bits per heavy atom. The summed E-state index contributed by atoms with van der Waals surface area (Å²) < 4.78 is 10.7. The maximum Gasteiger partial charge on any atom is 0.120 e. The molecule has 90 valence electrons. The molecule has 2 nitrogen and oxygen atoms in total. The van der Waals surface area contributed by atoms with Gasteiger partial charge in [0.2, 0.25) is 0 Å². The van der Waals surface area contributed by atoms with E-state index in [4.69, 9.17) is 32.7 Å². The molecule has 0 aliphatic heterocycles. The van der Waals surface area contributed by atoms with Crippen LogP contribution in [0.15, 0.2) is 12.1 Å². The molecule has 0 heterocycles. The summed E-state index contributed by atoms with van der Waals surface area (Å²) in [5.74, 6) is 1.34. The summed E-state index contributed by atoms with van der Waals surface area (Å²) in [6.07, 6.45) is 0. The summed E-state index contributed by atoms with van der Waals surface area (Å²) in [5, 5.41) is 0.797. The molecule has 0 fully saturated rings. The lowest BCUT2D eigenvalue weighted by atomic mass is 10.1. The van der Waals surface area contributed by atoms with Crippen LogP contribution in [-0.2, 0) is 4.74 Å². The number of benzene rings is 1. The van der Waals surface area contributed by atoms with E-state index in [0.29, 0.717) is 25.7 Å². The summed E-state index contributed by atoms with van der Waals surface area (Å²) >= 11 is 11.5. The lowest BCUT2D eigenvalue weighted by molar-refractivity contribution is 0.111. The fraction of sp³-hybridized carbons (Fsp3) is 0.500. The van der Waals surface area contributed by atoms with E-state index in [1.165, 1.54) is 0 Å². The minimum atomic E-state index is 0.513. The van der Waals surface area contributed by atoms with Gasteiger partial charge in [-0.2, -0.15) is 0 Å². The number of rotatable bonds is 6. The number of halogens is 2. The third kappa shape index (κ3) is 4.20. The third-order valence-corrected chi connectivity index (χ3v) is 2.88. The summed E-state index contributed by atoms with van der Waals surface area (Å²) in [4.78, 5) is 0. The summed E-state index contributed by atoms with van der Waals surface area (Å²) in [5.41, 5.74) is 2.05. The van der Waals surface area contributed by atoms with Crippen molar-refractivity contribution in [2.24, 2.45) is 0 Å². The van der Waals surface area contributed by atoms with Gasteiger partial charge in [0.25, 0.3) is 0 Å². The first-order chi connectivity index (χ1) is 7.65. The van der Waals surface area contributed by atoms with Crippen LogP contribution in [0, 0.1) is 13.8 Å². The van der Waals surface area contributed by atoms with Crippen molar-refractivity contribution in [1.82, 2.24) is 0 Å². The van der Waals surface area contributed by atoms with Crippen molar-refractivity contribution < 1.29 is 9.47 Å². The van der Waals surface area contributed by atoms with Crippen LogP contribution in [0.1, 0.15) is 11.1 Å². The molecular weight excluding hydrogens is 247 g/mol. The lowest BCUT2D eigenvalue weighted by Crippen LogP contribution is -2.08. The average molecular weight is 263 g/mol. The van der Waals surface area contributed by atoms with Crippen LogP contribution >= 0.6 is 23.2 Å². The first kappa shape index (κ1) is 13.6. The molecule has 0 aliphatic rings. The largest absolute Gasteiger partial charge is 0.491 e. The summed E-state index contributed by atoms with van der Waals surface area (Å²) in [6.45, 7) is 5.56. The average Bonchev–Trinajstić information content (AvgIpc) is 2.25.